The number of carboxylic acid groups (broad SMARTS) is 1. The molecule has 1 heterocycles. The van der Waals surface area contributed by atoms with Crippen LogP contribution in [0.4, 0.5) is 8.78 Å². The van der Waals surface area contributed by atoms with Gasteiger partial charge >= 0.3 is 5.97 Å². The summed E-state index contributed by atoms with van der Waals surface area (Å²) in [6.07, 6.45) is 1.91. The topological polar surface area (TPSA) is 75.6 Å². The number of halogens is 2. The third-order valence-corrected chi connectivity index (χ3v) is 6.72. The van der Waals surface area contributed by atoms with Gasteiger partial charge < -0.3 is 15.2 Å². The molecule has 4 bridgehead atoms. The van der Waals surface area contributed by atoms with Gasteiger partial charge in [-0.25, -0.2) is 8.78 Å². The summed E-state index contributed by atoms with van der Waals surface area (Å²) in [4.78, 5) is 24.4. The number of rotatable bonds is 3. The number of nitrogens with one attached hydrogen (secondary N) is 1. The maximum atomic E-state index is 13.7. The average molecular weight is 349 g/mol. The molecule has 1 aliphatic heterocycles. The number of carbonyl (C=O) groups is 2. The molecule has 2 N–H and O–H groups in total. The molecule has 0 spiro atoms. The quantitative estimate of drug-likeness (QED) is 0.872. The minimum absolute atomic E-state index is 0.00200. The molecule has 0 saturated heterocycles. The van der Waals surface area contributed by atoms with Crippen molar-refractivity contribution in [3.8, 4) is 5.75 Å². The summed E-state index contributed by atoms with van der Waals surface area (Å²) in [5.41, 5.74) is -0.455. The Balaban J connectivity index is 1.34. The van der Waals surface area contributed by atoms with Gasteiger partial charge in [0.1, 0.15) is 12.4 Å². The van der Waals surface area contributed by atoms with Crippen LogP contribution >= 0.6 is 0 Å². The summed E-state index contributed by atoms with van der Waals surface area (Å²) in [5, 5.41) is 12.6. The second-order valence-corrected chi connectivity index (χ2v) is 7.76. The fourth-order valence-corrected chi connectivity index (χ4v) is 5.72. The highest BCUT2D eigenvalue weighted by molar-refractivity contribution is 5.86. The number of carboxylic acids is 1. The number of amides is 1. The van der Waals surface area contributed by atoms with E-state index in [0.717, 1.165) is 18.9 Å². The van der Waals surface area contributed by atoms with E-state index >= 15 is 0 Å². The number of ether oxygens (including phenoxy) is 1. The van der Waals surface area contributed by atoms with Crippen LogP contribution in [-0.2, 0) is 16.0 Å². The summed E-state index contributed by atoms with van der Waals surface area (Å²) >= 11 is 0. The van der Waals surface area contributed by atoms with Gasteiger partial charge in [0.15, 0.2) is 11.6 Å². The van der Waals surface area contributed by atoms with Crippen LogP contribution in [0, 0.1) is 40.7 Å². The van der Waals surface area contributed by atoms with Gasteiger partial charge in [0.25, 0.3) is 0 Å². The van der Waals surface area contributed by atoms with Gasteiger partial charge in [-0.05, 0) is 43.1 Å². The second-order valence-electron chi connectivity index (χ2n) is 7.76. The molecule has 0 aromatic heterocycles. The lowest BCUT2D eigenvalue weighted by molar-refractivity contribution is -0.145. The molecule has 5 aliphatic rings. The molecule has 25 heavy (non-hydrogen) atoms. The summed E-state index contributed by atoms with van der Waals surface area (Å²) in [6, 6.07) is 1.60. The van der Waals surface area contributed by atoms with Gasteiger partial charge in [0.2, 0.25) is 5.91 Å². The molecule has 4 atom stereocenters. The largest absolute Gasteiger partial charge is 0.489 e. The molecule has 1 aromatic rings. The van der Waals surface area contributed by atoms with E-state index in [2.05, 4.69) is 5.32 Å². The van der Waals surface area contributed by atoms with Crippen molar-refractivity contribution in [1.82, 2.24) is 5.32 Å². The molecule has 4 fully saturated rings. The van der Waals surface area contributed by atoms with E-state index in [1.165, 1.54) is 6.07 Å². The van der Waals surface area contributed by atoms with E-state index in [1.54, 1.807) is 0 Å². The Bertz CT molecular complexity index is 799. The number of hydrogen-bond donors (Lipinski definition) is 2. The average Bonchev–Trinajstić information content (AvgIpc) is 2.90. The van der Waals surface area contributed by atoms with E-state index < -0.39 is 28.9 Å². The SMILES string of the molecule is O=C(NC1C2CC3C(C2)C31C(=O)O)C1COc2c(F)cc(F)cc2C1. The number of fused-ring (bicyclic) bond motifs is 1. The van der Waals surface area contributed by atoms with Gasteiger partial charge in [0.05, 0.1) is 11.3 Å². The molecule has 0 radical (unpaired) electrons. The van der Waals surface area contributed by atoms with E-state index in [-0.39, 0.29) is 48.5 Å². The summed E-state index contributed by atoms with van der Waals surface area (Å²) in [6.45, 7) is 0.00566. The number of carbonyl (C=O) groups excluding carboxylic acids is 1. The predicted octanol–water partition coefficient (Wildman–Crippen LogP) is 1.74. The van der Waals surface area contributed by atoms with Gasteiger partial charge in [0, 0.05) is 17.7 Å². The predicted molar refractivity (Wildman–Crippen MR) is 80.8 cm³/mol. The van der Waals surface area contributed by atoms with Crippen molar-refractivity contribution in [2.24, 2.45) is 29.1 Å². The van der Waals surface area contributed by atoms with Crippen LogP contribution in [0.15, 0.2) is 12.1 Å². The Morgan fingerprint density at radius 3 is 2.64 bits per heavy atom. The first-order valence-corrected chi connectivity index (χ1v) is 8.57. The van der Waals surface area contributed by atoms with Crippen molar-refractivity contribution in [1.29, 1.82) is 0 Å². The van der Waals surface area contributed by atoms with Crippen LogP contribution in [0.5, 0.6) is 5.75 Å². The van der Waals surface area contributed by atoms with Crippen LogP contribution in [0.3, 0.4) is 0 Å². The van der Waals surface area contributed by atoms with Gasteiger partial charge in [-0.15, -0.1) is 0 Å². The van der Waals surface area contributed by atoms with Crippen molar-refractivity contribution >= 4 is 11.9 Å². The van der Waals surface area contributed by atoms with E-state index in [1.807, 2.05) is 0 Å². The highest BCUT2D eigenvalue weighted by Crippen LogP contribution is 2.79. The molecule has 7 heteroatoms. The molecular formula is C18H17F2NO4. The lowest BCUT2D eigenvalue weighted by Gasteiger charge is -2.28. The van der Waals surface area contributed by atoms with Crippen molar-refractivity contribution < 1.29 is 28.2 Å². The Kier molecular flexibility index (Phi) is 2.84. The minimum atomic E-state index is -0.817. The lowest BCUT2D eigenvalue weighted by Crippen LogP contribution is -2.48. The fourth-order valence-electron chi connectivity index (χ4n) is 5.72. The highest BCUT2D eigenvalue weighted by Gasteiger charge is 2.83. The second kappa shape index (κ2) is 4.71. The van der Waals surface area contributed by atoms with Gasteiger partial charge in [-0.1, -0.05) is 0 Å². The number of hydrogen-bond acceptors (Lipinski definition) is 3. The maximum Gasteiger partial charge on any atom is 0.312 e. The minimum Gasteiger partial charge on any atom is -0.489 e. The molecule has 4 aliphatic carbocycles. The van der Waals surface area contributed by atoms with Crippen molar-refractivity contribution in [3.05, 3.63) is 29.3 Å². The van der Waals surface area contributed by atoms with Gasteiger partial charge in [-0.3, -0.25) is 9.59 Å². The molecule has 5 nitrogen and oxygen atoms in total. The Morgan fingerprint density at radius 2 is 1.96 bits per heavy atom. The van der Waals surface area contributed by atoms with Crippen LogP contribution in [0.2, 0.25) is 0 Å². The monoisotopic (exact) mass is 349 g/mol. The Hall–Kier alpha value is -2.18. The molecule has 6 rings (SSSR count). The van der Waals surface area contributed by atoms with E-state index in [4.69, 9.17) is 4.74 Å². The first-order valence-electron chi connectivity index (χ1n) is 8.57. The van der Waals surface area contributed by atoms with Crippen LogP contribution in [-0.4, -0.2) is 29.6 Å². The summed E-state index contributed by atoms with van der Waals surface area (Å²) < 4.78 is 32.4. The standard InChI is InChI=1S/C18H17F2NO4/c19-10-2-7-1-9(6-25-14(7)13(20)5-10)16(22)21-15-8-3-11-12(4-8)18(11,15)17(23)24/h2,5,8-9,11-12,15H,1,3-4,6H2,(H,21,22)(H,23,24). The highest BCUT2D eigenvalue weighted by atomic mass is 19.1. The van der Waals surface area contributed by atoms with Crippen LogP contribution in [0.1, 0.15) is 18.4 Å². The first-order chi connectivity index (χ1) is 11.9. The van der Waals surface area contributed by atoms with Crippen molar-refractivity contribution in [3.63, 3.8) is 0 Å². The third kappa shape index (κ3) is 1.81. The van der Waals surface area contributed by atoms with Crippen LogP contribution < -0.4 is 10.1 Å². The molecule has 132 valence electrons. The zero-order chi connectivity index (χ0) is 17.5. The molecule has 1 amide bonds. The van der Waals surface area contributed by atoms with Gasteiger partial charge in [-0.2, -0.15) is 0 Å². The molecular weight excluding hydrogens is 332 g/mol. The summed E-state index contributed by atoms with van der Waals surface area (Å²) in [5.74, 6) is -2.56. The third-order valence-electron chi connectivity index (χ3n) is 6.72. The van der Waals surface area contributed by atoms with Crippen molar-refractivity contribution in [2.45, 2.75) is 25.3 Å². The summed E-state index contributed by atoms with van der Waals surface area (Å²) in [7, 11) is 0. The van der Waals surface area contributed by atoms with Crippen LogP contribution in [0.25, 0.3) is 0 Å². The Morgan fingerprint density at radius 1 is 1.24 bits per heavy atom. The van der Waals surface area contributed by atoms with E-state index in [9.17, 15) is 23.5 Å². The van der Waals surface area contributed by atoms with Crippen molar-refractivity contribution in [2.75, 3.05) is 6.61 Å². The normalized spacial score (nSPS) is 39.5. The molecule has 4 unspecified atom stereocenters. The number of benzene rings is 1. The zero-order valence-electron chi connectivity index (χ0n) is 13.3. The zero-order valence-corrected chi connectivity index (χ0v) is 13.3. The fraction of sp³-hybridized carbons (Fsp3) is 0.556. The first kappa shape index (κ1) is 15.1. The lowest BCUT2D eigenvalue weighted by atomic mass is 9.93. The molecule has 4 saturated carbocycles. The maximum absolute atomic E-state index is 13.7. The van der Waals surface area contributed by atoms with E-state index in [0.29, 0.717) is 5.56 Å². The number of aliphatic carboxylic acids is 1. The smallest absolute Gasteiger partial charge is 0.312 e. The molecule has 1 aromatic carbocycles. The Labute approximate surface area is 142 Å².